The van der Waals surface area contributed by atoms with Gasteiger partial charge in [-0.1, -0.05) is 93.6 Å². The molecule has 0 aromatic heterocycles. The van der Waals surface area contributed by atoms with Crippen LogP contribution in [0, 0.1) is 5.82 Å². The average molecular weight is 712 g/mol. The Balaban J connectivity index is 1.59. The summed E-state index contributed by atoms with van der Waals surface area (Å²) < 4.78 is 40.3. The number of hydrogen-bond acceptors (Lipinski definition) is 8. The number of carbonyl (C=O) groups excluding carboxylic acids is 3. The second-order valence-corrected chi connectivity index (χ2v) is 19.1. The molecule has 4 atom stereocenters. The summed E-state index contributed by atoms with van der Waals surface area (Å²) in [5, 5.41) is -0.136. The van der Waals surface area contributed by atoms with Crippen LogP contribution in [-0.2, 0) is 25.1 Å². The van der Waals surface area contributed by atoms with Crippen molar-refractivity contribution in [2.75, 3.05) is 19.7 Å². The number of hydrogen-bond donors (Lipinski definition) is 0. The zero-order chi connectivity index (χ0) is 36.6. The van der Waals surface area contributed by atoms with Crippen LogP contribution in [-0.4, -0.2) is 75.2 Å². The van der Waals surface area contributed by atoms with E-state index in [1.165, 1.54) is 6.07 Å². The Morgan fingerprint density at radius 1 is 0.686 bits per heavy atom. The third kappa shape index (κ3) is 9.58. The fourth-order valence-electron chi connectivity index (χ4n) is 5.75. The lowest BCUT2D eigenvalue weighted by atomic mass is 9.92. The van der Waals surface area contributed by atoms with Crippen molar-refractivity contribution in [1.82, 2.24) is 4.90 Å². The minimum absolute atomic E-state index is 0.102. The van der Waals surface area contributed by atoms with Crippen LogP contribution in [0.4, 0.5) is 4.39 Å². The first kappa shape index (κ1) is 37.6. The lowest BCUT2D eigenvalue weighted by Crippen LogP contribution is -2.66. The molecule has 51 heavy (non-hydrogen) atoms. The van der Waals surface area contributed by atoms with Crippen molar-refractivity contribution in [2.24, 2.45) is 0 Å². The van der Waals surface area contributed by atoms with Crippen LogP contribution in [0.1, 0.15) is 57.4 Å². The van der Waals surface area contributed by atoms with Crippen LogP contribution >= 0.6 is 0 Å². The van der Waals surface area contributed by atoms with Crippen LogP contribution in [0.3, 0.4) is 0 Å². The summed E-state index contributed by atoms with van der Waals surface area (Å²) in [6, 6.07) is 31.4. The molecule has 5 rings (SSSR count). The Kier molecular flexibility index (Phi) is 12.2. The lowest BCUT2D eigenvalue weighted by molar-refractivity contribution is -0.152. The van der Waals surface area contributed by atoms with E-state index in [9.17, 15) is 18.8 Å². The Morgan fingerprint density at radius 3 is 1.63 bits per heavy atom. The van der Waals surface area contributed by atoms with E-state index in [0.29, 0.717) is 29.7 Å². The van der Waals surface area contributed by atoms with Gasteiger partial charge in [-0.3, -0.25) is 4.90 Å². The Labute approximate surface area is 300 Å². The molecule has 4 aromatic rings. The van der Waals surface area contributed by atoms with Crippen molar-refractivity contribution < 1.29 is 37.4 Å². The van der Waals surface area contributed by atoms with Crippen molar-refractivity contribution in [1.29, 1.82) is 0 Å². The van der Waals surface area contributed by atoms with E-state index in [0.717, 1.165) is 0 Å². The van der Waals surface area contributed by atoms with E-state index >= 15 is 0 Å². The fourth-order valence-corrected chi connectivity index (χ4v) is 6.77. The number of esters is 3. The number of rotatable bonds is 12. The topological polar surface area (TPSA) is 91.4 Å². The number of piperidine rings is 1. The smallest absolute Gasteiger partial charge is 0.338 e. The number of carbonyl (C=O) groups is 3. The monoisotopic (exact) mass is 711 g/mol. The number of likely N-dealkylation sites (tertiary alicyclic amines) is 1. The van der Waals surface area contributed by atoms with Crippen LogP contribution in [0.25, 0.3) is 0 Å². The highest BCUT2D eigenvalue weighted by atomic mass is 28.4. The summed E-state index contributed by atoms with van der Waals surface area (Å²) in [5.41, 5.74) is 1.41. The third-order valence-corrected chi connectivity index (χ3v) is 14.3. The van der Waals surface area contributed by atoms with Gasteiger partial charge in [-0.25, -0.2) is 18.8 Å². The third-order valence-electron chi connectivity index (χ3n) is 9.77. The van der Waals surface area contributed by atoms with Gasteiger partial charge in [0.1, 0.15) is 5.82 Å². The molecular formula is C41H46FNO7Si. The van der Waals surface area contributed by atoms with Gasteiger partial charge in [0.25, 0.3) is 0 Å². The van der Waals surface area contributed by atoms with Crippen LogP contribution < -0.4 is 0 Å². The molecule has 0 unspecified atom stereocenters. The molecule has 8 nitrogen and oxygen atoms in total. The first-order valence-corrected chi connectivity index (χ1v) is 20.1. The Morgan fingerprint density at radius 2 is 1.14 bits per heavy atom. The molecule has 268 valence electrons. The molecule has 4 aromatic carbocycles. The minimum atomic E-state index is -2.36. The summed E-state index contributed by atoms with van der Waals surface area (Å²) in [5.74, 6) is -2.26. The van der Waals surface area contributed by atoms with Crippen LogP contribution in [0.2, 0.25) is 18.1 Å². The number of ether oxygens (including phenoxy) is 3. The molecular weight excluding hydrogens is 666 g/mol. The molecule has 1 fully saturated rings. The maximum atomic E-state index is 14.9. The predicted molar refractivity (Wildman–Crippen MR) is 196 cm³/mol. The van der Waals surface area contributed by atoms with Crippen LogP contribution in [0.5, 0.6) is 0 Å². The highest BCUT2D eigenvalue weighted by molar-refractivity contribution is 6.74. The van der Waals surface area contributed by atoms with E-state index in [4.69, 9.17) is 18.6 Å². The molecule has 10 heteroatoms. The van der Waals surface area contributed by atoms with E-state index in [1.807, 2.05) is 4.90 Å². The molecule has 0 N–H and O–H groups in total. The molecule has 0 saturated carbocycles. The summed E-state index contributed by atoms with van der Waals surface area (Å²) in [6.07, 6.45) is -3.10. The Bertz CT molecular complexity index is 1770. The van der Waals surface area contributed by atoms with Gasteiger partial charge in [0.2, 0.25) is 0 Å². The van der Waals surface area contributed by atoms with Gasteiger partial charge in [-0.2, -0.15) is 0 Å². The maximum Gasteiger partial charge on any atom is 0.338 e. The molecule has 0 bridgehead atoms. The number of nitrogens with zero attached hydrogens (tertiary/aromatic N) is 1. The molecule has 1 saturated heterocycles. The predicted octanol–water partition coefficient (Wildman–Crippen LogP) is 7.75. The molecule has 0 radical (unpaired) electrons. The average Bonchev–Trinajstić information content (AvgIpc) is 3.12. The highest BCUT2D eigenvalue weighted by Gasteiger charge is 2.51. The first-order chi connectivity index (χ1) is 24.3. The Hall–Kier alpha value is -4.64. The normalized spacial score (nSPS) is 19.6. The molecule has 0 amide bonds. The maximum absolute atomic E-state index is 14.9. The van der Waals surface area contributed by atoms with Crippen molar-refractivity contribution in [3.05, 3.63) is 143 Å². The quantitative estimate of drug-likeness (QED) is 0.0838. The van der Waals surface area contributed by atoms with Gasteiger partial charge in [0, 0.05) is 13.1 Å². The van der Waals surface area contributed by atoms with Gasteiger partial charge in [0.05, 0.1) is 29.3 Å². The van der Waals surface area contributed by atoms with Crippen LogP contribution in [0.15, 0.2) is 115 Å². The second-order valence-electron chi connectivity index (χ2n) is 14.3. The zero-order valence-corrected chi connectivity index (χ0v) is 30.8. The molecule has 1 aliphatic rings. The highest BCUT2D eigenvalue weighted by Crippen LogP contribution is 2.38. The van der Waals surface area contributed by atoms with Crippen molar-refractivity contribution >= 4 is 26.2 Å². The molecule has 0 spiro atoms. The van der Waals surface area contributed by atoms with Gasteiger partial charge >= 0.3 is 17.9 Å². The standard InChI is InChI=1S/C41H46FNO7Si/c1-41(2,3)51(4,5)47-28-34-36(49-39(45)31-20-11-7-12-21-31)37(50-40(46)32-22-13-8-14-23-32)35(48-38(44)30-18-9-6-10-19-30)27-43(34)26-25-29-17-15-16-24-33(29)42/h6-24,34-37H,25-28H2,1-5H3/t34-,35-,36+,37+/m0/s1. The lowest BCUT2D eigenvalue weighted by Gasteiger charge is -2.48. The van der Waals surface area contributed by atoms with E-state index in [2.05, 4.69) is 33.9 Å². The fraction of sp³-hybridized carbons (Fsp3) is 0.341. The molecule has 1 aliphatic heterocycles. The number of benzene rings is 4. The molecule has 1 heterocycles. The summed E-state index contributed by atoms with van der Waals surface area (Å²) in [4.78, 5) is 43.1. The summed E-state index contributed by atoms with van der Waals surface area (Å²) in [6.45, 7) is 11.2. The minimum Gasteiger partial charge on any atom is -0.453 e. The summed E-state index contributed by atoms with van der Waals surface area (Å²) in [7, 11) is -2.36. The van der Waals surface area contributed by atoms with E-state index in [1.54, 1.807) is 109 Å². The van der Waals surface area contributed by atoms with E-state index in [-0.39, 0.29) is 29.6 Å². The van der Waals surface area contributed by atoms with Crippen molar-refractivity contribution in [3.8, 4) is 0 Å². The zero-order valence-electron chi connectivity index (χ0n) is 29.8. The SMILES string of the molecule is CC(C)(C)[Si](C)(C)OC[C@H]1[C@@H](OC(=O)c2ccccc2)[C@H](OC(=O)c2ccccc2)[C@@H](OC(=O)c2ccccc2)CN1CCc1ccccc1F. The summed E-state index contributed by atoms with van der Waals surface area (Å²) >= 11 is 0. The number of halogens is 1. The van der Waals surface area contributed by atoms with Gasteiger partial charge < -0.3 is 18.6 Å². The van der Waals surface area contributed by atoms with Gasteiger partial charge in [-0.15, -0.1) is 0 Å². The first-order valence-electron chi connectivity index (χ1n) is 17.2. The second kappa shape index (κ2) is 16.6. The van der Waals surface area contributed by atoms with Crippen molar-refractivity contribution in [2.45, 2.75) is 69.7 Å². The largest absolute Gasteiger partial charge is 0.453 e. The molecule has 0 aliphatic carbocycles. The van der Waals surface area contributed by atoms with Crippen molar-refractivity contribution in [3.63, 3.8) is 0 Å². The van der Waals surface area contributed by atoms with Gasteiger partial charge in [-0.05, 0) is 72.6 Å². The van der Waals surface area contributed by atoms with Gasteiger partial charge in [0.15, 0.2) is 26.6 Å². The van der Waals surface area contributed by atoms with E-state index < -0.39 is 50.6 Å².